The molecule has 0 bridgehead atoms. The first kappa shape index (κ1) is 12.7. The Hall–Kier alpha value is -1.27. The van der Waals surface area contributed by atoms with E-state index in [0.717, 1.165) is 23.0 Å². The molecule has 5 nitrogen and oxygen atoms in total. The van der Waals surface area contributed by atoms with E-state index in [-0.39, 0.29) is 0 Å². The van der Waals surface area contributed by atoms with Gasteiger partial charge >= 0.3 is 0 Å². The summed E-state index contributed by atoms with van der Waals surface area (Å²) in [7, 11) is 1.96. The summed E-state index contributed by atoms with van der Waals surface area (Å²) in [5, 5.41) is 9.82. The first-order chi connectivity index (χ1) is 9.13. The van der Waals surface area contributed by atoms with Gasteiger partial charge in [-0.25, -0.2) is 4.98 Å². The van der Waals surface area contributed by atoms with Crippen LogP contribution in [0.25, 0.3) is 0 Å². The Bertz CT molecular complexity index is 585. The smallest absolute Gasteiger partial charge is 0.262 e. The third-order valence-electron chi connectivity index (χ3n) is 3.22. The van der Waals surface area contributed by atoms with Crippen LogP contribution >= 0.6 is 11.8 Å². The summed E-state index contributed by atoms with van der Waals surface area (Å²) in [5.74, 6) is 0. The summed E-state index contributed by atoms with van der Waals surface area (Å²) >= 11 is 1.54. The average molecular weight is 278 g/mol. The zero-order valence-electron chi connectivity index (χ0n) is 11.4. The molecule has 0 unspecified atom stereocenters. The zero-order chi connectivity index (χ0) is 13.4. The fraction of sp³-hybridized carbons (Fsp3) is 0.538. The van der Waals surface area contributed by atoms with Gasteiger partial charge in [0.2, 0.25) is 0 Å². The predicted octanol–water partition coefficient (Wildman–Crippen LogP) is 2.43. The lowest BCUT2D eigenvalue weighted by atomic mass is 10.2. The van der Waals surface area contributed by atoms with Crippen molar-refractivity contribution in [1.82, 2.24) is 20.1 Å². The summed E-state index contributed by atoms with van der Waals surface area (Å²) in [6, 6.07) is 0.696. The molecule has 2 heterocycles. The van der Waals surface area contributed by atoms with E-state index in [1.54, 1.807) is 6.26 Å². The molecule has 0 radical (unpaired) electrons. The van der Waals surface area contributed by atoms with Crippen molar-refractivity contribution in [3.05, 3.63) is 23.2 Å². The van der Waals surface area contributed by atoms with Crippen molar-refractivity contribution < 1.29 is 4.42 Å². The molecule has 0 amide bonds. The van der Waals surface area contributed by atoms with Crippen LogP contribution in [-0.2, 0) is 13.6 Å². The fourth-order valence-corrected chi connectivity index (χ4v) is 2.98. The fourth-order valence-electron chi connectivity index (χ4n) is 2.01. The lowest BCUT2D eigenvalue weighted by Gasteiger charge is -2.05. The summed E-state index contributed by atoms with van der Waals surface area (Å²) in [4.78, 5) is 4.34. The average Bonchev–Trinajstić information content (AvgIpc) is 3.04. The minimum Gasteiger partial charge on any atom is -0.439 e. The zero-order valence-corrected chi connectivity index (χ0v) is 12.3. The molecule has 0 aromatic carbocycles. The van der Waals surface area contributed by atoms with Crippen LogP contribution in [0, 0.1) is 13.8 Å². The molecule has 102 valence electrons. The molecule has 0 saturated heterocycles. The summed E-state index contributed by atoms with van der Waals surface area (Å²) in [6.07, 6.45) is 4.26. The first-order valence-electron chi connectivity index (χ1n) is 6.49. The van der Waals surface area contributed by atoms with Crippen LogP contribution in [0.2, 0.25) is 0 Å². The molecule has 0 aliphatic heterocycles. The molecule has 0 spiro atoms. The summed E-state index contributed by atoms with van der Waals surface area (Å²) < 4.78 is 7.32. The Morgan fingerprint density at radius 1 is 1.47 bits per heavy atom. The highest BCUT2D eigenvalue weighted by Crippen LogP contribution is 2.31. The molecule has 3 rings (SSSR count). The highest BCUT2D eigenvalue weighted by Gasteiger charge is 2.23. The molecule has 1 saturated carbocycles. The van der Waals surface area contributed by atoms with Crippen molar-refractivity contribution in [2.24, 2.45) is 7.05 Å². The molecule has 2 aromatic heterocycles. The highest BCUT2D eigenvalue weighted by molar-refractivity contribution is 7.99. The Kier molecular flexibility index (Phi) is 3.36. The van der Waals surface area contributed by atoms with Crippen LogP contribution in [0.3, 0.4) is 0 Å². The molecule has 6 heteroatoms. The van der Waals surface area contributed by atoms with Crippen LogP contribution in [0.5, 0.6) is 0 Å². The SMILES string of the molecule is Cc1coc(Sc2c(CNC3CC3)c(C)nn2C)n1. The van der Waals surface area contributed by atoms with Gasteiger partial charge in [-0.1, -0.05) is 0 Å². The van der Waals surface area contributed by atoms with Crippen molar-refractivity contribution in [3.63, 3.8) is 0 Å². The summed E-state index contributed by atoms with van der Waals surface area (Å²) in [5.41, 5.74) is 3.22. The van der Waals surface area contributed by atoms with Crippen molar-refractivity contribution >= 4 is 11.8 Å². The van der Waals surface area contributed by atoms with E-state index >= 15 is 0 Å². The number of aryl methyl sites for hydroxylation is 3. The van der Waals surface area contributed by atoms with Crippen molar-refractivity contribution in [2.75, 3.05) is 0 Å². The second-order valence-corrected chi connectivity index (χ2v) is 5.94. The first-order valence-corrected chi connectivity index (χ1v) is 7.31. The van der Waals surface area contributed by atoms with Gasteiger partial charge in [-0.2, -0.15) is 5.10 Å². The Balaban J connectivity index is 1.81. The van der Waals surface area contributed by atoms with Gasteiger partial charge in [-0.05, 0) is 38.5 Å². The number of hydrogen-bond acceptors (Lipinski definition) is 5. The third kappa shape index (κ3) is 2.84. The number of oxazole rings is 1. The lowest BCUT2D eigenvalue weighted by Crippen LogP contribution is -2.16. The number of aromatic nitrogens is 3. The second kappa shape index (κ2) is 5.02. The molecule has 2 aromatic rings. The monoisotopic (exact) mass is 278 g/mol. The number of rotatable bonds is 5. The molecule has 0 atom stereocenters. The maximum absolute atomic E-state index is 5.42. The molecular weight excluding hydrogens is 260 g/mol. The van der Waals surface area contributed by atoms with Crippen LogP contribution < -0.4 is 5.32 Å². The largest absolute Gasteiger partial charge is 0.439 e. The number of nitrogens with one attached hydrogen (secondary N) is 1. The van der Waals surface area contributed by atoms with Crippen molar-refractivity contribution in [3.8, 4) is 0 Å². The maximum Gasteiger partial charge on any atom is 0.262 e. The van der Waals surface area contributed by atoms with E-state index in [9.17, 15) is 0 Å². The van der Waals surface area contributed by atoms with Crippen LogP contribution in [-0.4, -0.2) is 20.8 Å². The Morgan fingerprint density at radius 3 is 2.89 bits per heavy atom. The van der Waals surface area contributed by atoms with Gasteiger partial charge in [0, 0.05) is 25.2 Å². The van der Waals surface area contributed by atoms with Gasteiger partial charge in [0.05, 0.1) is 11.4 Å². The van der Waals surface area contributed by atoms with Crippen molar-refractivity contribution in [1.29, 1.82) is 0 Å². The standard InChI is InChI=1S/C13H18N4OS/c1-8-7-18-13(15-8)19-12-11(6-14-10-4-5-10)9(2)16-17(12)3/h7,10,14H,4-6H2,1-3H3. The lowest BCUT2D eigenvalue weighted by molar-refractivity contribution is 0.453. The van der Waals surface area contributed by atoms with Crippen LogP contribution in [0.1, 0.15) is 29.8 Å². The molecular formula is C13H18N4OS. The van der Waals surface area contributed by atoms with E-state index in [4.69, 9.17) is 4.42 Å². The van der Waals surface area contributed by atoms with E-state index < -0.39 is 0 Å². The van der Waals surface area contributed by atoms with Crippen LogP contribution in [0.15, 0.2) is 20.9 Å². The number of nitrogens with zero attached hydrogens (tertiary/aromatic N) is 3. The van der Waals surface area contributed by atoms with Gasteiger partial charge < -0.3 is 9.73 Å². The normalized spacial score (nSPS) is 15.1. The topological polar surface area (TPSA) is 55.9 Å². The van der Waals surface area contributed by atoms with E-state index in [1.165, 1.54) is 30.2 Å². The van der Waals surface area contributed by atoms with E-state index in [2.05, 4.69) is 22.3 Å². The van der Waals surface area contributed by atoms with E-state index in [1.807, 2.05) is 18.7 Å². The molecule has 1 fully saturated rings. The van der Waals surface area contributed by atoms with Gasteiger partial charge in [0.1, 0.15) is 11.3 Å². The Morgan fingerprint density at radius 2 is 2.26 bits per heavy atom. The quantitative estimate of drug-likeness (QED) is 0.910. The summed E-state index contributed by atoms with van der Waals surface area (Å²) in [6.45, 7) is 4.85. The number of hydrogen-bond donors (Lipinski definition) is 1. The van der Waals surface area contributed by atoms with Gasteiger partial charge in [-0.3, -0.25) is 4.68 Å². The van der Waals surface area contributed by atoms with E-state index in [0.29, 0.717) is 11.3 Å². The van der Waals surface area contributed by atoms with Crippen molar-refractivity contribution in [2.45, 2.75) is 49.5 Å². The maximum atomic E-state index is 5.42. The highest BCUT2D eigenvalue weighted by atomic mass is 32.2. The van der Waals surface area contributed by atoms with Crippen LogP contribution in [0.4, 0.5) is 0 Å². The minimum absolute atomic E-state index is 0.674. The third-order valence-corrected chi connectivity index (χ3v) is 4.28. The molecule has 1 N–H and O–H groups in total. The Labute approximate surface area is 116 Å². The minimum atomic E-state index is 0.674. The van der Waals surface area contributed by atoms with Gasteiger partial charge in [0.25, 0.3) is 5.22 Å². The molecule has 1 aliphatic carbocycles. The molecule has 19 heavy (non-hydrogen) atoms. The second-order valence-electron chi connectivity index (χ2n) is 5.00. The van der Waals surface area contributed by atoms with Gasteiger partial charge in [0.15, 0.2) is 0 Å². The predicted molar refractivity (Wildman–Crippen MR) is 73.2 cm³/mol. The van der Waals surface area contributed by atoms with Gasteiger partial charge in [-0.15, -0.1) is 0 Å². The molecule has 1 aliphatic rings.